The van der Waals surface area contributed by atoms with Gasteiger partial charge in [0.2, 0.25) is 0 Å². The molecule has 13 rings (SSSR count). The average molecular weight is 772 g/mol. The lowest BCUT2D eigenvalue weighted by Gasteiger charge is -2.37. The normalized spacial score (nSPS) is 14.1. The van der Waals surface area contributed by atoms with Gasteiger partial charge in [0.25, 0.3) is 0 Å². The number of benzene rings is 9. The predicted octanol–water partition coefficient (Wildman–Crippen LogP) is 13.7. The van der Waals surface area contributed by atoms with Crippen molar-refractivity contribution in [2.75, 3.05) is 5.32 Å². The first-order chi connectivity index (χ1) is 28.7. The molecule has 0 saturated carbocycles. The van der Waals surface area contributed by atoms with Crippen molar-refractivity contribution in [1.82, 2.24) is 0 Å². The Kier molecular flexibility index (Phi) is 7.04. The molecule has 1 N–H and O–H groups in total. The number of hydrogen-bond acceptors (Lipinski definition) is 3. The molecule has 0 radical (unpaired) electrons. The first-order valence-corrected chi connectivity index (χ1v) is 21.9. The van der Waals surface area contributed by atoms with Crippen LogP contribution in [-0.4, -0.2) is 7.28 Å². The van der Waals surface area contributed by atoms with Crippen LogP contribution in [0.15, 0.2) is 176 Å². The lowest BCUT2D eigenvalue weighted by molar-refractivity contribution is 0.805. The SMILES string of the molecule is B1c2cccc3c2C(Cc2c-3ccc3ccccc23)c2cc(-c3ccccc3)cc(-c3c(Nc4cccc5c4sc4ccccc45)ccc4c3sc3ccccc34)c21. The molecule has 0 fully saturated rings. The number of nitrogens with one attached hydrogen (secondary N) is 1. The van der Waals surface area contributed by atoms with Gasteiger partial charge >= 0.3 is 0 Å². The van der Waals surface area contributed by atoms with E-state index in [1.165, 1.54) is 112 Å². The zero-order valence-corrected chi connectivity index (χ0v) is 33.2. The number of hydrogen-bond donors (Lipinski definition) is 1. The molecule has 2 aliphatic rings. The van der Waals surface area contributed by atoms with Crippen LogP contribution < -0.4 is 16.2 Å². The lowest BCUT2D eigenvalue weighted by Crippen LogP contribution is -2.42. The van der Waals surface area contributed by atoms with Gasteiger partial charge in [0.05, 0.1) is 10.4 Å². The van der Waals surface area contributed by atoms with Crippen molar-refractivity contribution in [2.45, 2.75) is 12.3 Å². The molecule has 1 unspecified atom stereocenters. The molecule has 0 spiro atoms. The summed E-state index contributed by atoms with van der Waals surface area (Å²) in [5, 5.41) is 12.0. The molecule has 1 atom stereocenters. The van der Waals surface area contributed by atoms with Crippen molar-refractivity contribution in [3.63, 3.8) is 0 Å². The second-order valence-electron chi connectivity index (χ2n) is 16.0. The van der Waals surface area contributed by atoms with Gasteiger partial charge in [-0.3, -0.25) is 0 Å². The van der Waals surface area contributed by atoms with Gasteiger partial charge in [0, 0.05) is 52.8 Å². The summed E-state index contributed by atoms with van der Waals surface area (Å²) in [6.45, 7) is 0. The Morgan fingerprint density at radius 3 is 2.03 bits per heavy atom. The van der Waals surface area contributed by atoms with Crippen LogP contribution in [0.2, 0.25) is 0 Å². The fourth-order valence-electron chi connectivity index (χ4n) is 10.4. The highest BCUT2D eigenvalue weighted by molar-refractivity contribution is 7.27. The van der Waals surface area contributed by atoms with Crippen LogP contribution in [0.4, 0.5) is 11.4 Å². The van der Waals surface area contributed by atoms with Gasteiger partial charge in [-0.2, -0.15) is 0 Å². The van der Waals surface area contributed by atoms with E-state index in [4.69, 9.17) is 0 Å². The third-order valence-corrected chi connectivity index (χ3v) is 15.3. The van der Waals surface area contributed by atoms with E-state index in [-0.39, 0.29) is 5.92 Å². The van der Waals surface area contributed by atoms with Gasteiger partial charge in [0.1, 0.15) is 0 Å². The minimum absolute atomic E-state index is 0.251. The fourth-order valence-corrected chi connectivity index (χ4v) is 12.8. The smallest absolute Gasteiger partial charge is 0.193 e. The summed E-state index contributed by atoms with van der Waals surface area (Å²) < 4.78 is 5.26. The maximum Gasteiger partial charge on any atom is 0.193 e. The summed E-state index contributed by atoms with van der Waals surface area (Å²) in [4.78, 5) is 0. The van der Waals surface area contributed by atoms with Crippen LogP contribution in [0.25, 0.3) is 84.5 Å². The second-order valence-corrected chi connectivity index (χ2v) is 18.1. The van der Waals surface area contributed by atoms with E-state index in [2.05, 4.69) is 181 Å². The Bertz CT molecular complexity index is 3500. The first kappa shape index (κ1) is 32.6. The number of fused-ring (bicyclic) bond motifs is 12. The van der Waals surface area contributed by atoms with E-state index >= 15 is 0 Å². The van der Waals surface area contributed by atoms with Crippen molar-refractivity contribution in [3.05, 3.63) is 193 Å². The Morgan fingerprint density at radius 2 is 1.19 bits per heavy atom. The summed E-state index contributed by atoms with van der Waals surface area (Å²) in [5.74, 6) is 0.251. The minimum atomic E-state index is 0.251. The van der Waals surface area contributed by atoms with E-state index in [9.17, 15) is 0 Å². The average Bonchev–Trinajstić information content (AvgIpc) is 3.86. The number of rotatable bonds is 4. The molecule has 0 amide bonds. The monoisotopic (exact) mass is 771 g/mol. The maximum atomic E-state index is 4.09. The van der Waals surface area contributed by atoms with E-state index in [0.717, 1.165) is 25.1 Å². The fraction of sp³-hybridized carbons (Fsp3) is 0.0370. The molecule has 9 aromatic carbocycles. The van der Waals surface area contributed by atoms with Crippen LogP contribution in [0.1, 0.15) is 22.6 Å². The molecule has 0 bridgehead atoms. The van der Waals surface area contributed by atoms with Crippen LogP contribution in [0, 0.1) is 0 Å². The standard InChI is InChI=1S/C54H34BNS2/c1-2-12-31(13-3-1)33-28-43-42-30-41-34-15-5-4-14-32(34)24-25-35(41)38-18-10-20-45(50(38)42)55-52(43)44(29-33)51-46(27-26-40-37-17-7-9-23-49(37)58-54(40)51)56-47-21-11-19-39-36-16-6-8-22-48(36)57-53(39)47/h1-29,42,55-56H,30H2. The van der Waals surface area contributed by atoms with Gasteiger partial charge in [-0.15, -0.1) is 22.7 Å². The quantitative estimate of drug-likeness (QED) is 0.176. The highest BCUT2D eigenvalue weighted by Crippen LogP contribution is 2.50. The largest absolute Gasteiger partial charge is 0.354 e. The summed E-state index contributed by atoms with van der Waals surface area (Å²) in [6.07, 6.45) is 0.984. The third kappa shape index (κ3) is 4.76. The van der Waals surface area contributed by atoms with Crippen molar-refractivity contribution in [1.29, 1.82) is 0 Å². The number of thiophene rings is 2. The van der Waals surface area contributed by atoms with Gasteiger partial charge in [-0.05, 0) is 92.0 Å². The zero-order valence-electron chi connectivity index (χ0n) is 31.6. The first-order valence-electron chi connectivity index (χ1n) is 20.2. The van der Waals surface area contributed by atoms with E-state index < -0.39 is 0 Å². The molecule has 2 aromatic heterocycles. The summed E-state index contributed by atoms with van der Waals surface area (Å²) in [5.41, 5.74) is 17.6. The maximum absolute atomic E-state index is 4.09. The Labute approximate surface area is 345 Å². The van der Waals surface area contributed by atoms with E-state index in [1.807, 2.05) is 22.7 Å². The van der Waals surface area contributed by atoms with Crippen molar-refractivity contribution >= 4 is 103 Å². The van der Waals surface area contributed by atoms with Crippen molar-refractivity contribution in [3.8, 4) is 33.4 Å². The summed E-state index contributed by atoms with van der Waals surface area (Å²) >= 11 is 3.81. The highest BCUT2D eigenvalue weighted by Gasteiger charge is 2.36. The summed E-state index contributed by atoms with van der Waals surface area (Å²) in [7, 11) is 0.898. The summed E-state index contributed by atoms with van der Waals surface area (Å²) in [6, 6.07) is 66.0. The van der Waals surface area contributed by atoms with E-state index in [1.54, 1.807) is 0 Å². The van der Waals surface area contributed by atoms with Crippen LogP contribution in [0.5, 0.6) is 0 Å². The number of anilines is 2. The highest BCUT2D eigenvalue weighted by atomic mass is 32.1. The predicted molar refractivity (Wildman–Crippen MR) is 254 cm³/mol. The van der Waals surface area contributed by atoms with Crippen molar-refractivity contribution in [2.24, 2.45) is 0 Å². The molecule has 0 saturated heterocycles. The third-order valence-electron chi connectivity index (χ3n) is 12.9. The molecule has 58 heavy (non-hydrogen) atoms. The van der Waals surface area contributed by atoms with E-state index in [0.29, 0.717) is 0 Å². The minimum Gasteiger partial charge on any atom is -0.354 e. The van der Waals surface area contributed by atoms with Gasteiger partial charge in [0.15, 0.2) is 7.28 Å². The Morgan fingerprint density at radius 1 is 0.483 bits per heavy atom. The molecule has 1 aliphatic carbocycles. The zero-order chi connectivity index (χ0) is 37.9. The Hall–Kier alpha value is -6.46. The van der Waals surface area contributed by atoms with Crippen LogP contribution >= 0.6 is 22.7 Å². The van der Waals surface area contributed by atoms with Gasteiger partial charge in [-0.25, -0.2) is 0 Å². The van der Waals surface area contributed by atoms with Crippen LogP contribution in [-0.2, 0) is 6.42 Å². The molecule has 3 heterocycles. The Balaban J connectivity index is 1.10. The molecular formula is C54H34BNS2. The van der Waals surface area contributed by atoms with Gasteiger partial charge < -0.3 is 5.32 Å². The lowest BCUT2D eigenvalue weighted by atomic mass is 9.50. The second kappa shape index (κ2) is 12.5. The van der Waals surface area contributed by atoms with Gasteiger partial charge in [-0.1, -0.05) is 157 Å². The molecule has 1 aliphatic heterocycles. The van der Waals surface area contributed by atoms with Crippen LogP contribution in [0.3, 0.4) is 0 Å². The molecule has 1 nitrogen and oxygen atoms in total. The molecular weight excluding hydrogens is 738 g/mol. The molecule has 270 valence electrons. The molecule has 4 heteroatoms. The molecule has 11 aromatic rings. The topological polar surface area (TPSA) is 12.0 Å². The van der Waals surface area contributed by atoms with Crippen molar-refractivity contribution < 1.29 is 0 Å².